The molecule has 0 aliphatic heterocycles. The van der Waals surface area contributed by atoms with Gasteiger partial charge in [0, 0.05) is 18.9 Å². The molecule has 0 radical (unpaired) electrons. The van der Waals surface area contributed by atoms with Crippen LogP contribution in [0.25, 0.3) is 0 Å². The van der Waals surface area contributed by atoms with Crippen LogP contribution in [0, 0.1) is 0 Å². The third-order valence-corrected chi connectivity index (χ3v) is 3.50. The highest BCUT2D eigenvalue weighted by Gasteiger charge is 2.12. The van der Waals surface area contributed by atoms with Crippen LogP contribution in [0.4, 0.5) is 0 Å². The Labute approximate surface area is 110 Å². The molecule has 1 heterocycles. The summed E-state index contributed by atoms with van der Waals surface area (Å²) in [4.78, 5) is 4.11. The van der Waals surface area contributed by atoms with Crippen molar-refractivity contribution in [1.29, 1.82) is 0 Å². The van der Waals surface area contributed by atoms with E-state index in [2.05, 4.69) is 16.4 Å². The Kier molecular flexibility index (Phi) is 6.17. The fourth-order valence-corrected chi connectivity index (χ4v) is 2.43. The molecule has 0 aromatic carbocycles. The Hall–Kier alpha value is -0.930. The summed E-state index contributed by atoms with van der Waals surface area (Å²) in [6.45, 7) is 2.80. The first kappa shape index (κ1) is 13.5. The molecule has 3 heteroatoms. The van der Waals surface area contributed by atoms with E-state index in [1.54, 1.807) is 0 Å². The first-order valence-corrected chi connectivity index (χ1v) is 7.16. The first-order valence-electron chi connectivity index (χ1n) is 7.16. The van der Waals surface area contributed by atoms with Crippen molar-refractivity contribution >= 4 is 0 Å². The third-order valence-electron chi connectivity index (χ3n) is 3.50. The zero-order valence-electron chi connectivity index (χ0n) is 11.1. The van der Waals surface area contributed by atoms with E-state index in [0.717, 1.165) is 26.1 Å². The second-order valence-electron chi connectivity index (χ2n) is 4.99. The molecule has 1 aliphatic carbocycles. The highest BCUT2D eigenvalue weighted by atomic mass is 16.5. The second-order valence-corrected chi connectivity index (χ2v) is 4.99. The number of nitrogens with one attached hydrogen (secondary N) is 1. The predicted molar refractivity (Wildman–Crippen MR) is 73.6 cm³/mol. The minimum Gasteiger partial charge on any atom is -0.377 e. The average Bonchev–Trinajstić information content (AvgIpc) is 2.45. The normalized spacial score (nSPS) is 16.9. The molecule has 1 aliphatic rings. The van der Waals surface area contributed by atoms with Crippen LogP contribution in [0.5, 0.6) is 0 Å². The van der Waals surface area contributed by atoms with E-state index >= 15 is 0 Å². The van der Waals surface area contributed by atoms with Crippen molar-refractivity contribution in [2.45, 2.75) is 44.6 Å². The molecule has 1 saturated carbocycles. The summed E-state index contributed by atoms with van der Waals surface area (Å²) in [5.74, 6) is 0. The Morgan fingerprint density at radius 2 is 2.11 bits per heavy atom. The summed E-state index contributed by atoms with van der Waals surface area (Å²) >= 11 is 0. The van der Waals surface area contributed by atoms with Gasteiger partial charge in [0.05, 0.1) is 12.7 Å². The van der Waals surface area contributed by atoms with Gasteiger partial charge in [-0.2, -0.15) is 0 Å². The largest absolute Gasteiger partial charge is 0.377 e. The molecule has 0 spiro atoms. The number of hydrogen-bond acceptors (Lipinski definition) is 3. The minimum absolute atomic E-state index is 0.527. The zero-order valence-corrected chi connectivity index (χ0v) is 11.1. The summed E-state index contributed by atoms with van der Waals surface area (Å²) in [5, 5.41) is 3.42. The topological polar surface area (TPSA) is 34.2 Å². The van der Waals surface area contributed by atoms with Gasteiger partial charge in [0.1, 0.15) is 0 Å². The van der Waals surface area contributed by atoms with Gasteiger partial charge in [0.15, 0.2) is 0 Å². The lowest BCUT2D eigenvalue weighted by Crippen LogP contribution is -2.26. The lowest BCUT2D eigenvalue weighted by molar-refractivity contribution is 0.0304. The predicted octanol–water partition coefficient (Wildman–Crippen LogP) is 2.56. The number of hydrogen-bond donors (Lipinski definition) is 1. The molecule has 1 N–H and O–H groups in total. The van der Waals surface area contributed by atoms with Crippen molar-refractivity contribution in [2.75, 3.05) is 19.7 Å². The minimum atomic E-state index is 0.527. The molecular weight excluding hydrogens is 224 g/mol. The zero-order chi connectivity index (χ0) is 12.5. The van der Waals surface area contributed by atoms with Crippen molar-refractivity contribution in [3.63, 3.8) is 0 Å². The van der Waals surface area contributed by atoms with Crippen LogP contribution < -0.4 is 5.32 Å². The van der Waals surface area contributed by atoms with Crippen LogP contribution in [-0.2, 0) is 11.2 Å². The van der Waals surface area contributed by atoms with Gasteiger partial charge in [-0.1, -0.05) is 25.3 Å². The highest BCUT2D eigenvalue weighted by Crippen LogP contribution is 2.19. The van der Waals surface area contributed by atoms with E-state index in [1.165, 1.54) is 37.7 Å². The van der Waals surface area contributed by atoms with E-state index in [9.17, 15) is 0 Å². The molecule has 0 atom stereocenters. The van der Waals surface area contributed by atoms with Crippen molar-refractivity contribution < 1.29 is 4.74 Å². The first-order chi connectivity index (χ1) is 8.95. The second kappa shape index (κ2) is 8.22. The molecule has 18 heavy (non-hydrogen) atoms. The molecule has 1 fully saturated rings. The lowest BCUT2D eigenvalue weighted by Gasteiger charge is -2.22. The quantitative estimate of drug-likeness (QED) is 0.753. The monoisotopic (exact) mass is 248 g/mol. The Balaban J connectivity index is 1.46. The van der Waals surface area contributed by atoms with Crippen LogP contribution in [0.2, 0.25) is 0 Å². The van der Waals surface area contributed by atoms with Crippen molar-refractivity contribution in [2.24, 2.45) is 0 Å². The maximum atomic E-state index is 5.86. The molecular formula is C15H24N2O. The van der Waals surface area contributed by atoms with E-state index in [4.69, 9.17) is 4.74 Å². The molecule has 2 rings (SSSR count). The molecule has 0 bridgehead atoms. The van der Waals surface area contributed by atoms with Gasteiger partial charge in [0.25, 0.3) is 0 Å². The van der Waals surface area contributed by atoms with Crippen LogP contribution in [0.1, 0.15) is 37.7 Å². The molecule has 1 aromatic heterocycles. The summed E-state index contributed by atoms with van der Waals surface area (Å²) < 4.78 is 5.86. The Morgan fingerprint density at radius 3 is 2.89 bits per heavy atom. The lowest BCUT2D eigenvalue weighted by atomic mass is 9.98. The summed E-state index contributed by atoms with van der Waals surface area (Å²) in [5.41, 5.74) is 1.29. The van der Waals surface area contributed by atoms with Crippen LogP contribution in [-0.4, -0.2) is 30.8 Å². The van der Waals surface area contributed by atoms with Crippen molar-refractivity contribution in [3.8, 4) is 0 Å². The molecule has 100 valence electrons. The average molecular weight is 248 g/mol. The van der Waals surface area contributed by atoms with E-state index in [-0.39, 0.29) is 0 Å². The number of ether oxygens (including phenoxy) is 1. The van der Waals surface area contributed by atoms with Crippen LogP contribution in [0.3, 0.4) is 0 Å². The summed E-state index contributed by atoms with van der Waals surface area (Å²) in [6, 6.07) is 4.11. The standard InChI is InChI=1S/C15H24N2O/c1-2-6-15(7-3-1)18-12-11-16-10-8-14-5-4-9-17-13-14/h4-5,9,13,15-16H,1-3,6-8,10-12H2. The molecule has 1 aromatic rings. The third kappa shape index (κ3) is 5.15. The maximum Gasteiger partial charge on any atom is 0.0594 e. The Bertz CT molecular complexity index is 310. The fraction of sp³-hybridized carbons (Fsp3) is 0.667. The van der Waals surface area contributed by atoms with Crippen LogP contribution in [0.15, 0.2) is 24.5 Å². The van der Waals surface area contributed by atoms with Gasteiger partial charge >= 0.3 is 0 Å². The van der Waals surface area contributed by atoms with E-state index in [1.807, 2.05) is 18.5 Å². The smallest absolute Gasteiger partial charge is 0.0594 e. The van der Waals surface area contributed by atoms with Gasteiger partial charge in [-0.05, 0) is 37.4 Å². The number of pyridine rings is 1. The number of aromatic nitrogens is 1. The molecule has 3 nitrogen and oxygen atoms in total. The highest BCUT2D eigenvalue weighted by molar-refractivity contribution is 5.08. The van der Waals surface area contributed by atoms with Crippen molar-refractivity contribution in [1.82, 2.24) is 10.3 Å². The summed E-state index contributed by atoms with van der Waals surface area (Å²) in [7, 11) is 0. The molecule has 0 saturated heterocycles. The number of rotatable bonds is 7. The molecule has 0 amide bonds. The van der Waals surface area contributed by atoms with Gasteiger partial charge in [-0.15, -0.1) is 0 Å². The van der Waals surface area contributed by atoms with Gasteiger partial charge in [-0.25, -0.2) is 0 Å². The Morgan fingerprint density at radius 1 is 1.22 bits per heavy atom. The SMILES string of the molecule is c1cncc(CCNCCOC2CCCCC2)c1. The fourth-order valence-electron chi connectivity index (χ4n) is 2.43. The summed E-state index contributed by atoms with van der Waals surface area (Å²) in [6.07, 6.45) is 11.9. The van der Waals surface area contributed by atoms with E-state index in [0.29, 0.717) is 6.10 Å². The van der Waals surface area contributed by atoms with E-state index < -0.39 is 0 Å². The maximum absolute atomic E-state index is 5.86. The van der Waals surface area contributed by atoms with Crippen molar-refractivity contribution in [3.05, 3.63) is 30.1 Å². The van der Waals surface area contributed by atoms with Gasteiger partial charge in [0.2, 0.25) is 0 Å². The van der Waals surface area contributed by atoms with Gasteiger partial charge < -0.3 is 10.1 Å². The van der Waals surface area contributed by atoms with Gasteiger partial charge in [-0.3, -0.25) is 4.98 Å². The number of nitrogens with zero attached hydrogens (tertiary/aromatic N) is 1. The van der Waals surface area contributed by atoms with Crippen LogP contribution >= 0.6 is 0 Å². The molecule has 0 unspecified atom stereocenters.